The van der Waals surface area contributed by atoms with E-state index in [1.807, 2.05) is 11.1 Å². The molecule has 1 heterocycles. The first-order chi connectivity index (χ1) is 17.1. The molecule has 192 valence electrons. The van der Waals surface area contributed by atoms with E-state index in [0.717, 1.165) is 80.0 Å². The molecule has 5 rings (SSSR count). The molecule has 0 amide bonds. The second-order valence-electron chi connectivity index (χ2n) is 10.8. The standard InChI is InChI=1S/C30H40N4O2/c1-21-7-6-8-26(17-21)19-31-24(4)22(2)18-27(34-23(3)9-16-33-34)25(5)32-20-29-10-13-30(14-11-29,15-12-29)28(35)36/h6-9,17-18,31-33H,2,4-5,10-16,19-20H2,1,3H3,(H,35,36)/b27-18-. The second-order valence-corrected chi connectivity index (χ2v) is 10.8. The summed E-state index contributed by atoms with van der Waals surface area (Å²) in [5.74, 6) is -0.615. The summed E-state index contributed by atoms with van der Waals surface area (Å²) in [7, 11) is 0. The van der Waals surface area contributed by atoms with Crippen LogP contribution < -0.4 is 16.1 Å². The Hall–Kier alpha value is -3.25. The number of hydrogen-bond donors (Lipinski definition) is 4. The van der Waals surface area contributed by atoms with Gasteiger partial charge in [0.05, 0.1) is 16.8 Å². The smallest absolute Gasteiger partial charge is 0.309 e. The summed E-state index contributed by atoms with van der Waals surface area (Å²) in [5.41, 5.74) is 9.88. The van der Waals surface area contributed by atoms with Crippen molar-refractivity contribution in [2.75, 3.05) is 13.1 Å². The minimum atomic E-state index is -0.615. The van der Waals surface area contributed by atoms with Crippen LogP contribution in [0.25, 0.3) is 0 Å². The predicted molar refractivity (Wildman–Crippen MR) is 145 cm³/mol. The van der Waals surface area contributed by atoms with Crippen LogP contribution in [0, 0.1) is 17.8 Å². The lowest BCUT2D eigenvalue weighted by atomic mass is 9.53. The van der Waals surface area contributed by atoms with E-state index >= 15 is 0 Å². The third-order valence-electron chi connectivity index (χ3n) is 8.37. The number of hydrogen-bond acceptors (Lipinski definition) is 5. The molecule has 0 unspecified atom stereocenters. The zero-order valence-corrected chi connectivity index (χ0v) is 21.8. The van der Waals surface area contributed by atoms with Gasteiger partial charge < -0.3 is 15.7 Å². The maximum atomic E-state index is 11.8. The number of fused-ring (bicyclic) bond motifs is 3. The Morgan fingerprint density at radius 1 is 1.08 bits per heavy atom. The summed E-state index contributed by atoms with van der Waals surface area (Å²) >= 11 is 0. The number of aryl methyl sites for hydroxylation is 1. The average molecular weight is 489 g/mol. The molecule has 0 aromatic heterocycles. The Kier molecular flexibility index (Phi) is 7.46. The lowest BCUT2D eigenvalue weighted by Gasteiger charge is -2.51. The lowest BCUT2D eigenvalue weighted by Crippen LogP contribution is -2.49. The number of aliphatic carboxylic acids is 1. The van der Waals surface area contributed by atoms with Gasteiger partial charge in [0.2, 0.25) is 0 Å². The fraction of sp³-hybridized carbons (Fsp3) is 0.433. The van der Waals surface area contributed by atoms with Crippen molar-refractivity contribution in [3.05, 3.63) is 95.6 Å². The van der Waals surface area contributed by atoms with Crippen molar-refractivity contribution in [1.82, 2.24) is 21.1 Å². The molecule has 0 spiro atoms. The van der Waals surface area contributed by atoms with Crippen molar-refractivity contribution in [3.63, 3.8) is 0 Å². The Labute approximate surface area is 215 Å². The van der Waals surface area contributed by atoms with Gasteiger partial charge in [-0.15, -0.1) is 0 Å². The van der Waals surface area contributed by atoms with Crippen molar-refractivity contribution in [3.8, 4) is 0 Å². The fourth-order valence-corrected chi connectivity index (χ4v) is 5.69. The molecule has 0 radical (unpaired) electrons. The maximum absolute atomic E-state index is 11.8. The normalized spacial score (nSPS) is 25.3. The molecule has 1 aromatic rings. The third kappa shape index (κ3) is 5.44. The SMILES string of the molecule is C=C(/C=C(/C(=C)NCC12CCC(C(=O)O)(CC1)CC2)N1NCC=C1C)C(=C)NCc1cccc(C)c1. The van der Waals surface area contributed by atoms with Gasteiger partial charge in [0, 0.05) is 31.0 Å². The number of rotatable bonds is 11. The molecule has 3 fully saturated rings. The summed E-state index contributed by atoms with van der Waals surface area (Å²) in [5, 5.41) is 18.8. The van der Waals surface area contributed by atoms with Gasteiger partial charge in [0.25, 0.3) is 0 Å². The van der Waals surface area contributed by atoms with Crippen LogP contribution in [0.2, 0.25) is 0 Å². The summed E-state index contributed by atoms with van der Waals surface area (Å²) in [6, 6.07) is 8.41. The van der Waals surface area contributed by atoms with E-state index < -0.39 is 11.4 Å². The molecule has 2 bridgehead atoms. The van der Waals surface area contributed by atoms with Gasteiger partial charge >= 0.3 is 5.97 Å². The van der Waals surface area contributed by atoms with Crippen molar-refractivity contribution < 1.29 is 9.90 Å². The van der Waals surface area contributed by atoms with Crippen molar-refractivity contribution in [2.45, 2.75) is 58.9 Å². The number of carbonyl (C=O) groups is 1. The number of benzene rings is 1. The molecule has 0 atom stereocenters. The Morgan fingerprint density at radius 3 is 2.36 bits per heavy atom. The largest absolute Gasteiger partial charge is 0.481 e. The molecule has 36 heavy (non-hydrogen) atoms. The highest BCUT2D eigenvalue weighted by molar-refractivity contribution is 5.75. The van der Waals surface area contributed by atoms with Crippen LogP contribution >= 0.6 is 0 Å². The van der Waals surface area contributed by atoms with Crippen LogP contribution in [-0.2, 0) is 11.3 Å². The van der Waals surface area contributed by atoms with Crippen molar-refractivity contribution >= 4 is 5.97 Å². The minimum absolute atomic E-state index is 0.143. The zero-order chi connectivity index (χ0) is 25.9. The van der Waals surface area contributed by atoms with Gasteiger partial charge in [-0.3, -0.25) is 9.80 Å². The van der Waals surface area contributed by atoms with Crippen molar-refractivity contribution in [1.29, 1.82) is 0 Å². The van der Waals surface area contributed by atoms with Gasteiger partial charge in [0.1, 0.15) is 0 Å². The number of carboxylic acid groups (broad SMARTS) is 1. The van der Waals surface area contributed by atoms with Crippen LogP contribution in [0.4, 0.5) is 0 Å². The molecule has 4 N–H and O–H groups in total. The number of hydrazine groups is 1. The molecular weight excluding hydrogens is 448 g/mol. The lowest BCUT2D eigenvalue weighted by molar-refractivity contribution is -0.158. The molecule has 6 heteroatoms. The number of nitrogens with zero attached hydrogens (tertiary/aromatic N) is 1. The van der Waals surface area contributed by atoms with E-state index in [2.05, 4.69) is 80.0 Å². The van der Waals surface area contributed by atoms with Crippen LogP contribution in [0.15, 0.2) is 84.5 Å². The highest BCUT2D eigenvalue weighted by Crippen LogP contribution is 2.56. The molecule has 3 aliphatic carbocycles. The zero-order valence-electron chi connectivity index (χ0n) is 21.8. The van der Waals surface area contributed by atoms with Gasteiger partial charge in [-0.1, -0.05) is 49.6 Å². The second kappa shape index (κ2) is 10.4. The van der Waals surface area contributed by atoms with E-state index in [0.29, 0.717) is 6.54 Å². The summed E-state index contributed by atoms with van der Waals surface area (Å²) in [4.78, 5) is 11.8. The first-order valence-electron chi connectivity index (χ1n) is 12.9. The molecular formula is C30H40N4O2. The molecule has 0 saturated heterocycles. The van der Waals surface area contributed by atoms with E-state index in [9.17, 15) is 9.90 Å². The van der Waals surface area contributed by atoms with Gasteiger partial charge in [-0.2, -0.15) is 0 Å². The van der Waals surface area contributed by atoms with Gasteiger partial charge in [-0.05, 0) is 81.1 Å². The summed E-state index contributed by atoms with van der Waals surface area (Å²) < 4.78 is 0. The first kappa shape index (κ1) is 25.8. The Balaban J connectivity index is 1.42. The maximum Gasteiger partial charge on any atom is 0.309 e. The number of nitrogens with one attached hydrogen (secondary N) is 3. The first-order valence-corrected chi connectivity index (χ1v) is 12.9. The Morgan fingerprint density at radius 2 is 1.78 bits per heavy atom. The van der Waals surface area contributed by atoms with E-state index in [-0.39, 0.29) is 5.41 Å². The molecule has 1 aliphatic heterocycles. The topological polar surface area (TPSA) is 76.6 Å². The van der Waals surface area contributed by atoms with Gasteiger partial charge in [-0.25, -0.2) is 5.43 Å². The highest BCUT2D eigenvalue weighted by Gasteiger charge is 2.52. The van der Waals surface area contributed by atoms with E-state index in [1.54, 1.807) is 0 Å². The van der Waals surface area contributed by atoms with E-state index in [4.69, 9.17) is 0 Å². The Bertz CT molecular complexity index is 1100. The summed E-state index contributed by atoms with van der Waals surface area (Å²) in [6.07, 6.45) is 9.34. The monoisotopic (exact) mass is 488 g/mol. The number of carboxylic acids is 1. The quantitative estimate of drug-likeness (QED) is 0.317. The number of allylic oxidation sites excluding steroid dienone is 2. The van der Waals surface area contributed by atoms with E-state index in [1.165, 1.54) is 11.1 Å². The third-order valence-corrected chi connectivity index (χ3v) is 8.37. The fourth-order valence-electron chi connectivity index (χ4n) is 5.69. The highest BCUT2D eigenvalue weighted by atomic mass is 16.4. The molecule has 6 nitrogen and oxygen atoms in total. The summed E-state index contributed by atoms with van der Waals surface area (Å²) in [6.45, 7) is 19.3. The predicted octanol–water partition coefficient (Wildman–Crippen LogP) is 5.29. The molecule has 4 aliphatic rings. The molecule has 3 saturated carbocycles. The minimum Gasteiger partial charge on any atom is -0.481 e. The van der Waals surface area contributed by atoms with Crippen LogP contribution in [0.3, 0.4) is 0 Å². The van der Waals surface area contributed by atoms with Crippen LogP contribution in [0.5, 0.6) is 0 Å². The van der Waals surface area contributed by atoms with Gasteiger partial charge in [0.15, 0.2) is 0 Å². The average Bonchev–Trinajstić information content (AvgIpc) is 3.30. The van der Waals surface area contributed by atoms with Crippen molar-refractivity contribution in [2.24, 2.45) is 10.8 Å². The van der Waals surface area contributed by atoms with Crippen LogP contribution in [-0.4, -0.2) is 29.2 Å². The van der Waals surface area contributed by atoms with Crippen LogP contribution in [0.1, 0.15) is 56.6 Å². The molecule has 1 aromatic carbocycles.